The number of nitrogens with one attached hydrogen (secondary N) is 2. The number of nitrogen functional groups attached to an aromatic ring is 1. The number of methoxy groups -OCH3 is 1. The van der Waals surface area contributed by atoms with E-state index in [0.717, 1.165) is 55.0 Å². The van der Waals surface area contributed by atoms with Gasteiger partial charge in [0.2, 0.25) is 11.5 Å². The van der Waals surface area contributed by atoms with E-state index in [2.05, 4.69) is 10.3 Å². The fourth-order valence-electron chi connectivity index (χ4n) is 3.82. The zero-order valence-electron chi connectivity index (χ0n) is 21.6. The molecule has 42 heavy (non-hydrogen) atoms. The lowest BCUT2D eigenvalue weighted by atomic mass is 9.96. The van der Waals surface area contributed by atoms with Gasteiger partial charge in [0.15, 0.2) is 22.7 Å². The molecule has 0 saturated heterocycles. The third-order valence-electron chi connectivity index (χ3n) is 6.14. The number of carbonyl (C=O) groups is 1. The summed E-state index contributed by atoms with van der Waals surface area (Å²) >= 11 is 0.840. The van der Waals surface area contributed by atoms with Crippen molar-refractivity contribution in [2.45, 2.75) is 36.4 Å². The van der Waals surface area contributed by atoms with Crippen molar-refractivity contribution < 1.29 is 70.8 Å². The predicted molar refractivity (Wildman–Crippen MR) is 139 cm³/mol. The van der Waals surface area contributed by atoms with Crippen LogP contribution in [0.1, 0.15) is 28.5 Å². The Morgan fingerprint density at radius 1 is 0.929 bits per heavy atom. The van der Waals surface area contributed by atoms with Gasteiger partial charge in [-0.25, -0.2) is 10.3 Å². The van der Waals surface area contributed by atoms with Gasteiger partial charge < -0.3 is 77.1 Å². The van der Waals surface area contributed by atoms with Crippen LogP contribution in [0, 0.1) is 6.92 Å². The van der Waals surface area contributed by atoms with Crippen LogP contribution in [-0.4, -0.2) is 91.1 Å². The molecule has 19 heteroatoms. The lowest BCUT2D eigenvalue weighted by molar-refractivity contribution is -0.416. The molecule has 0 saturated carbocycles. The summed E-state index contributed by atoms with van der Waals surface area (Å²) in [5, 5.41) is 128. The largest absolute Gasteiger partial charge is 0.504 e. The number of aromatic hydroxyl groups is 4. The van der Waals surface area contributed by atoms with Gasteiger partial charge in [0.25, 0.3) is 29.3 Å². The molecule has 1 amide bonds. The maximum absolute atomic E-state index is 12.4. The van der Waals surface area contributed by atoms with Crippen LogP contribution in [-0.2, 0) is 21.1 Å². The molecule has 0 spiro atoms. The van der Waals surface area contributed by atoms with E-state index >= 15 is 0 Å². The third-order valence-corrected chi connectivity index (χ3v) is 6.81. The Morgan fingerprint density at radius 2 is 1.48 bits per heavy atom. The topological polar surface area (TPSA) is 332 Å². The van der Waals surface area contributed by atoms with Crippen LogP contribution in [0.15, 0.2) is 29.6 Å². The number of aliphatic hydroxyl groups is 8. The Labute approximate surface area is 239 Å². The molecule has 3 rings (SSSR count). The highest BCUT2D eigenvalue weighted by Crippen LogP contribution is 2.50. The fraction of sp³-hybridized carbons (Fsp3) is 0.304. The quantitative estimate of drug-likeness (QED) is 0.0613. The van der Waals surface area contributed by atoms with Crippen molar-refractivity contribution in [1.82, 2.24) is 10.3 Å². The van der Waals surface area contributed by atoms with E-state index in [-0.39, 0.29) is 10.8 Å². The van der Waals surface area contributed by atoms with E-state index in [0.29, 0.717) is 0 Å². The zero-order valence-corrected chi connectivity index (χ0v) is 22.4. The molecular weight excluding hydrogens is 588 g/mol. The summed E-state index contributed by atoms with van der Waals surface area (Å²) in [5.74, 6) is -20.6. The number of anilines is 2. The maximum atomic E-state index is 12.4. The molecule has 1 atom stereocenters. The summed E-state index contributed by atoms with van der Waals surface area (Å²) in [7, 11) is 0.832. The van der Waals surface area contributed by atoms with Gasteiger partial charge in [-0.3, -0.25) is 4.79 Å². The number of hydrogen-bond acceptors (Lipinski definition) is 18. The first-order valence-electron chi connectivity index (χ1n) is 11.4. The molecule has 18 nitrogen and oxygen atoms in total. The van der Waals surface area contributed by atoms with E-state index in [1.165, 1.54) is 5.32 Å². The van der Waals surface area contributed by atoms with Gasteiger partial charge in [-0.15, -0.1) is 11.3 Å². The van der Waals surface area contributed by atoms with Crippen LogP contribution in [0.3, 0.4) is 0 Å². The first kappa shape index (κ1) is 32.7. The minimum Gasteiger partial charge on any atom is -0.504 e. The lowest BCUT2D eigenvalue weighted by Crippen LogP contribution is -2.69. The highest BCUT2D eigenvalue weighted by atomic mass is 32.1. The second kappa shape index (κ2) is 11.1. The number of rotatable bonds is 10. The van der Waals surface area contributed by atoms with Crippen molar-refractivity contribution in [2.24, 2.45) is 0 Å². The molecule has 0 fully saturated rings. The molecule has 0 aliphatic rings. The van der Waals surface area contributed by atoms with Crippen LogP contribution >= 0.6 is 11.3 Å². The van der Waals surface area contributed by atoms with Gasteiger partial charge >= 0.3 is 0 Å². The summed E-state index contributed by atoms with van der Waals surface area (Å²) < 4.78 is 4.89. The van der Waals surface area contributed by atoms with Crippen molar-refractivity contribution >= 4 is 28.1 Å². The van der Waals surface area contributed by atoms with Crippen LogP contribution in [0.4, 0.5) is 10.8 Å². The molecule has 0 aliphatic heterocycles. The van der Waals surface area contributed by atoms with Gasteiger partial charge in [-0.1, -0.05) is 12.1 Å². The Bertz CT molecular complexity index is 1440. The van der Waals surface area contributed by atoms with Crippen molar-refractivity contribution in [2.75, 3.05) is 18.2 Å². The SMILES string of the molecule is COC(c1c(C)c(O)c(O)c(O)c1O)C(O)(O)NC(O)(O)C(O)(O)c1ccc(NC(=O)C(O)(O)c2csc(N)n2)cc1. The number of nitrogens with zero attached hydrogens (tertiary/aromatic N) is 1. The number of nitrogens with two attached hydrogens (primary N) is 1. The molecule has 0 radical (unpaired) electrons. The fourth-order valence-corrected chi connectivity index (χ4v) is 4.42. The highest BCUT2D eigenvalue weighted by Gasteiger charge is 2.55. The molecule has 1 unspecified atom stereocenters. The number of phenols is 4. The van der Waals surface area contributed by atoms with Crippen LogP contribution < -0.4 is 16.4 Å². The first-order chi connectivity index (χ1) is 19.2. The van der Waals surface area contributed by atoms with Crippen molar-refractivity contribution in [1.29, 1.82) is 0 Å². The van der Waals surface area contributed by atoms with Crippen LogP contribution in [0.25, 0.3) is 0 Å². The zero-order chi connectivity index (χ0) is 32.0. The number of ether oxygens (including phenoxy) is 1. The molecule has 16 N–H and O–H groups in total. The summed E-state index contributed by atoms with van der Waals surface area (Å²) in [6.07, 6.45) is -2.30. The number of thiazole rings is 1. The van der Waals surface area contributed by atoms with Crippen LogP contribution in [0.5, 0.6) is 23.0 Å². The minimum absolute atomic E-state index is 0.0418. The van der Waals surface area contributed by atoms with Crippen molar-refractivity contribution in [3.05, 3.63) is 52.0 Å². The second-order valence-corrected chi connectivity index (χ2v) is 9.91. The van der Waals surface area contributed by atoms with Gasteiger partial charge in [0.05, 0.1) is 0 Å². The standard InChI is InChI=1S/C23H28N4O14S/c1-8-12(14(29)16(31)15(30)13(8)28)17(41-2)22(37,38)27-23(39,40)21(35,36)9-3-5-10(6-4-9)25-18(32)20(33,34)11-7-42-19(24)26-11/h3-7,17,27-31,33-40H,1-2H3,(H2,24,26)(H,25,32). The van der Waals surface area contributed by atoms with E-state index in [1.807, 2.05) is 0 Å². The average Bonchev–Trinajstić information content (AvgIpc) is 3.35. The number of aromatic nitrogens is 1. The Morgan fingerprint density at radius 3 is 1.98 bits per heavy atom. The van der Waals surface area contributed by atoms with E-state index in [9.17, 15) is 66.1 Å². The summed E-state index contributed by atoms with van der Waals surface area (Å²) in [6, 6.07) is 3.60. The van der Waals surface area contributed by atoms with Gasteiger partial charge in [-0.05, 0) is 19.1 Å². The van der Waals surface area contributed by atoms with E-state index < -0.39 is 80.8 Å². The maximum Gasteiger partial charge on any atom is 0.291 e. The van der Waals surface area contributed by atoms with Crippen molar-refractivity contribution in [3.63, 3.8) is 0 Å². The van der Waals surface area contributed by atoms with Gasteiger partial charge in [0, 0.05) is 34.9 Å². The summed E-state index contributed by atoms with van der Waals surface area (Å²) in [4.78, 5) is 16.0. The Kier molecular flexibility index (Phi) is 8.62. The number of phenolic OH excluding ortho intramolecular Hbond substituents is 4. The Hall–Kier alpha value is -3.86. The molecule has 1 heterocycles. The smallest absolute Gasteiger partial charge is 0.291 e. The molecule has 2 aromatic carbocycles. The predicted octanol–water partition coefficient (Wildman–Crippen LogP) is -2.98. The second-order valence-electron chi connectivity index (χ2n) is 9.02. The normalized spacial score (nSPS) is 13.7. The van der Waals surface area contributed by atoms with Gasteiger partial charge in [-0.2, -0.15) is 0 Å². The minimum atomic E-state index is -4.04. The molecular formula is C23H28N4O14S. The van der Waals surface area contributed by atoms with Crippen molar-refractivity contribution in [3.8, 4) is 23.0 Å². The third kappa shape index (κ3) is 5.74. The summed E-state index contributed by atoms with van der Waals surface area (Å²) in [5.41, 5.74) is 2.87. The average molecular weight is 617 g/mol. The summed E-state index contributed by atoms with van der Waals surface area (Å²) in [6.45, 7) is 1.06. The van der Waals surface area contributed by atoms with Crippen LogP contribution in [0.2, 0.25) is 0 Å². The number of amides is 1. The highest BCUT2D eigenvalue weighted by molar-refractivity contribution is 7.13. The molecule has 230 valence electrons. The molecule has 1 aromatic heterocycles. The molecule has 0 bridgehead atoms. The number of benzene rings is 2. The molecule has 0 aliphatic carbocycles. The Balaban J connectivity index is 1.86. The molecule has 3 aromatic rings. The monoisotopic (exact) mass is 616 g/mol. The lowest BCUT2D eigenvalue weighted by Gasteiger charge is -2.41. The number of hydrogen-bond donors (Lipinski definition) is 15. The van der Waals surface area contributed by atoms with E-state index in [4.69, 9.17) is 10.5 Å². The van der Waals surface area contributed by atoms with E-state index in [1.54, 1.807) is 0 Å². The first-order valence-corrected chi connectivity index (χ1v) is 12.3. The number of carbonyl (C=O) groups excluding carboxylic acids is 1. The van der Waals surface area contributed by atoms with Gasteiger partial charge in [0.1, 0.15) is 5.69 Å².